The van der Waals surface area contributed by atoms with Crippen LogP contribution in [0.3, 0.4) is 0 Å². The molecule has 0 spiro atoms. The normalized spacial score (nSPS) is 10.2. The van der Waals surface area contributed by atoms with Gasteiger partial charge < -0.3 is 24.0 Å². The summed E-state index contributed by atoms with van der Waals surface area (Å²) in [5.41, 5.74) is 1.05. The number of pyridine rings is 1. The van der Waals surface area contributed by atoms with E-state index >= 15 is 0 Å². The standard InChI is InChI=1S/C10H11ClN3S.HI/c1-6-13-10(15-3)7-4-9(11)12-5-8(7)14(6)2;/h4-5H,1-3H3;1H/q+1;/p-1. The van der Waals surface area contributed by atoms with E-state index in [1.54, 1.807) is 18.0 Å². The topological polar surface area (TPSA) is 29.7 Å². The molecule has 0 saturated heterocycles. The molecule has 2 aromatic heterocycles. The van der Waals surface area contributed by atoms with Crippen molar-refractivity contribution in [2.75, 3.05) is 6.26 Å². The molecule has 0 radical (unpaired) electrons. The van der Waals surface area contributed by atoms with Crippen molar-refractivity contribution in [2.24, 2.45) is 7.05 Å². The van der Waals surface area contributed by atoms with Gasteiger partial charge in [-0.15, -0.1) is 0 Å². The lowest BCUT2D eigenvalue weighted by molar-refractivity contribution is -0.655. The number of aromatic nitrogens is 3. The summed E-state index contributed by atoms with van der Waals surface area (Å²) in [6.07, 6.45) is 3.79. The van der Waals surface area contributed by atoms with Crippen molar-refractivity contribution in [1.82, 2.24) is 9.97 Å². The highest BCUT2D eigenvalue weighted by Crippen LogP contribution is 2.23. The van der Waals surface area contributed by atoms with E-state index in [0.717, 1.165) is 21.8 Å². The minimum atomic E-state index is 0. The second-order valence-electron chi connectivity index (χ2n) is 3.25. The molecule has 0 unspecified atom stereocenters. The molecule has 86 valence electrons. The highest BCUT2D eigenvalue weighted by atomic mass is 127. The fourth-order valence-corrected chi connectivity index (χ4v) is 2.24. The lowest BCUT2D eigenvalue weighted by Crippen LogP contribution is -3.00. The van der Waals surface area contributed by atoms with E-state index in [2.05, 4.69) is 9.97 Å². The first-order chi connectivity index (χ1) is 7.13. The summed E-state index contributed by atoms with van der Waals surface area (Å²) in [6.45, 7) is 1.98. The first-order valence-corrected chi connectivity index (χ1v) is 6.09. The molecule has 0 aromatic carbocycles. The zero-order valence-electron chi connectivity index (χ0n) is 9.16. The number of rotatable bonds is 1. The van der Waals surface area contributed by atoms with Gasteiger partial charge in [-0.2, -0.15) is 0 Å². The molecule has 0 amide bonds. The Bertz CT molecular complexity index is 533. The summed E-state index contributed by atoms with van der Waals surface area (Å²) in [4.78, 5) is 8.59. The van der Waals surface area contributed by atoms with Crippen LogP contribution in [-0.4, -0.2) is 16.2 Å². The summed E-state index contributed by atoms with van der Waals surface area (Å²) >= 11 is 7.50. The quantitative estimate of drug-likeness (QED) is 0.216. The Morgan fingerprint density at radius 1 is 1.44 bits per heavy atom. The average molecular weight is 368 g/mol. The van der Waals surface area contributed by atoms with Gasteiger partial charge in [0.05, 0.1) is 18.6 Å². The van der Waals surface area contributed by atoms with E-state index in [0.29, 0.717) is 5.15 Å². The van der Waals surface area contributed by atoms with Gasteiger partial charge in [0, 0.05) is 6.92 Å². The van der Waals surface area contributed by atoms with Crippen molar-refractivity contribution in [2.45, 2.75) is 11.9 Å². The highest BCUT2D eigenvalue weighted by molar-refractivity contribution is 7.98. The van der Waals surface area contributed by atoms with E-state index in [9.17, 15) is 0 Å². The molecular weight excluding hydrogens is 357 g/mol. The third-order valence-electron chi connectivity index (χ3n) is 2.38. The summed E-state index contributed by atoms with van der Waals surface area (Å²) in [7, 11) is 1.98. The Kier molecular flexibility index (Phi) is 4.75. The number of fused-ring (bicyclic) bond motifs is 1. The van der Waals surface area contributed by atoms with E-state index in [-0.39, 0.29) is 24.0 Å². The second kappa shape index (κ2) is 5.46. The van der Waals surface area contributed by atoms with Crippen molar-refractivity contribution in [1.29, 1.82) is 0 Å². The molecular formula is C10H11ClIN3S. The Labute approximate surface area is 121 Å². The van der Waals surface area contributed by atoms with Gasteiger partial charge in [0.2, 0.25) is 5.03 Å². The highest BCUT2D eigenvalue weighted by Gasteiger charge is 2.16. The summed E-state index contributed by atoms with van der Waals surface area (Å²) < 4.78 is 2.01. The minimum absolute atomic E-state index is 0. The van der Waals surface area contributed by atoms with E-state index in [1.165, 1.54) is 0 Å². The van der Waals surface area contributed by atoms with Crippen molar-refractivity contribution >= 4 is 34.3 Å². The molecule has 0 aliphatic heterocycles. The Balaban J connectivity index is 0.00000128. The third kappa shape index (κ3) is 2.41. The monoisotopic (exact) mass is 367 g/mol. The summed E-state index contributed by atoms with van der Waals surface area (Å²) in [5, 5.41) is 2.55. The van der Waals surface area contributed by atoms with Gasteiger partial charge in [-0.25, -0.2) is 9.55 Å². The molecule has 2 heterocycles. The number of aryl methyl sites for hydroxylation is 2. The number of halogens is 2. The summed E-state index contributed by atoms with van der Waals surface area (Å²) in [5.74, 6) is 0.968. The average Bonchev–Trinajstić information content (AvgIpc) is 2.23. The SMILES string of the molecule is CSc1nc(C)[n+](C)c2cnc(Cl)cc12.[I-]. The molecule has 16 heavy (non-hydrogen) atoms. The maximum atomic E-state index is 5.88. The van der Waals surface area contributed by atoms with Gasteiger partial charge in [0.15, 0.2) is 5.52 Å². The van der Waals surface area contributed by atoms with Gasteiger partial charge in [0.1, 0.15) is 5.15 Å². The molecule has 0 bridgehead atoms. The van der Waals surface area contributed by atoms with Crippen molar-refractivity contribution in [3.63, 3.8) is 0 Å². The first kappa shape index (κ1) is 13.9. The predicted molar refractivity (Wildman–Crippen MR) is 62.2 cm³/mol. The molecule has 0 fully saturated rings. The van der Waals surface area contributed by atoms with Crippen molar-refractivity contribution in [3.8, 4) is 0 Å². The molecule has 0 aliphatic rings. The van der Waals surface area contributed by atoms with Crippen LogP contribution in [0.4, 0.5) is 0 Å². The van der Waals surface area contributed by atoms with Gasteiger partial charge in [-0.05, 0) is 17.3 Å². The number of hydrogen-bond donors (Lipinski definition) is 0. The van der Waals surface area contributed by atoms with Crippen LogP contribution in [0.2, 0.25) is 5.15 Å². The van der Waals surface area contributed by atoms with Crippen LogP contribution in [0.5, 0.6) is 0 Å². The summed E-state index contributed by atoms with van der Waals surface area (Å²) in [6, 6.07) is 1.86. The van der Waals surface area contributed by atoms with Crippen LogP contribution in [0.1, 0.15) is 5.82 Å². The van der Waals surface area contributed by atoms with Crippen LogP contribution in [0, 0.1) is 6.92 Å². The Hall–Kier alpha value is -0.140. The molecule has 6 heteroatoms. The fraction of sp³-hybridized carbons (Fsp3) is 0.300. The molecule has 3 nitrogen and oxygen atoms in total. The number of nitrogens with zero attached hydrogens (tertiary/aromatic N) is 3. The van der Waals surface area contributed by atoms with Crippen LogP contribution < -0.4 is 28.5 Å². The molecule has 0 atom stereocenters. The second-order valence-corrected chi connectivity index (χ2v) is 4.43. The molecule has 0 N–H and O–H groups in total. The minimum Gasteiger partial charge on any atom is -1.00 e. The zero-order valence-corrected chi connectivity index (χ0v) is 12.9. The maximum Gasteiger partial charge on any atom is 0.296 e. The smallest absolute Gasteiger partial charge is 0.296 e. The van der Waals surface area contributed by atoms with E-state index in [4.69, 9.17) is 11.6 Å². The fourth-order valence-electron chi connectivity index (χ4n) is 1.47. The molecule has 2 aromatic rings. The largest absolute Gasteiger partial charge is 1.00 e. The lowest BCUT2D eigenvalue weighted by atomic mass is 10.3. The van der Waals surface area contributed by atoms with Crippen LogP contribution in [-0.2, 0) is 7.05 Å². The van der Waals surface area contributed by atoms with Gasteiger partial charge in [-0.3, -0.25) is 0 Å². The van der Waals surface area contributed by atoms with Crippen molar-refractivity contribution < 1.29 is 28.5 Å². The van der Waals surface area contributed by atoms with Gasteiger partial charge in [0.25, 0.3) is 5.82 Å². The molecule has 0 aliphatic carbocycles. The molecule has 2 rings (SSSR count). The number of hydrogen-bond acceptors (Lipinski definition) is 3. The van der Waals surface area contributed by atoms with Crippen molar-refractivity contribution in [3.05, 3.63) is 23.2 Å². The predicted octanol–water partition coefficient (Wildman–Crippen LogP) is -0.858. The lowest BCUT2D eigenvalue weighted by Gasteiger charge is -2.02. The third-order valence-corrected chi connectivity index (χ3v) is 3.29. The van der Waals surface area contributed by atoms with Gasteiger partial charge >= 0.3 is 0 Å². The van der Waals surface area contributed by atoms with Crippen LogP contribution in [0.15, 0.2) is 17.3 Å². The van der Waals surface area contributed by atoms with Gasteiger partial charge in [-0.1, -0.05) is 23.4 Å². The first-order valence-electron chi connectivity index (χ1n) is 4.49. The van der Waals surface area contributed by atoms with Crippen LogP contribution in [0.25, 0.3) is 10.9 Å². The Morgan fingerprint density at radius 3 is 2.75 bits per heavy atom. The Morgan fingerprint density at radius 2 is 2.12 bits per heavy atom. The molecule has 0 saturated carbocycles. The van der Waals surface area contributed by atoms with E-state index < -0.39 is 0 Å². The van der Waals surface area contributed by atoms with E-state index in [1.807, 2.05) is 30.9 Å². The number of thioether (sulfide) groups is 1. The van der Waals surface area contributed by atoms with Crippen LogP contribution >= 0.6 is 23.4 Å². The maximum absolute atomic E-state index is 5.88. The zero-order chi connectivity index (χ0) is 11.0.